The summed E-state index contributed by atoms with van der Waals surface area (Å²) in [4.78, 5) is 8.82. The van der Waals surface area contributed by atoms with Gasteiger partial charge in [0.15, 0.2) is 11.5 Å². The zero-order valence-electron chi connectivity index (χ0n) is 15.4. The topological polar surface area (TPSA) is 85.7 Å². The molecule has 0 fully saturated rings. The molecule has 0 aliphatic rings. The molecule has 0 saturated heterocycles. The van der Waals surface area contributed by atoms with Crippen molar-refractivity contribution in [2.24, 2.45) is 0 Å². The van der Waals surface area contributed by atoms with E-state index in [1.54, 1.807) is 39.7 Å². The lowest BCUT2D eigenvalue weighted by Crippen LogP contribution is -2.00. The van der Waals surface area contributed by atoms with Crippen molar-refractivity contribution >= 4 is 11.6 Å². The summed E-state index contributed by atoms with van der Waals surface area (Å²) in [5, 5.41) is 12.3. The van der Waals surface area contributed by atoms with Gasteiger partial charge in [-0.25, -0.2) is 9.97 Å². The van der Waals surface area contributed by atoms with Gasteiger partial charge < -0.3 is 24.6 Å². The first-order valence-corrected chi connectivity index (χ1v) is 8.28. The molecule has 3 rings (SSSR count). The number of benzene rings is 2. The van der Waals surface area contributed by atoms with Gasteiger partial charge in [0.25, 0.3) is 0 Å². The maximum Gasteiger partial charge on any atom is 0.227 e. The molecule has 0 aliphatic carbocycles. The highest BCUT2D eigenvalue weighted by Gasteiger charge is 2.14. The Labute approximate surface area is 157 Å². The van der Waals surface area contributed by atoms with E-state index in [0.717, 1.165) is 16.8 Å². The van der Waals surface area contributed by atoms with Crippen LogP contribution >= 0.6 is 0 Å². The van der Waals surface area contributed by atoms with E-state index >= 15 is 0 Å². The van der Waals surface area contributed by atoms with Gasteiger partial charge in [0, 0.05) is 29.6 Å². The molecule has 140 valence electrons. The molecule has 0 radical (unpaired) electrons. The maximum atomic E-state index is 9.17. The highest BCUT2D eigenvalue weighted by atomic mass is 16.5. The molecule has 27 heavy (non-hydrogen) atoms. The summed E-state index contributed by atoms with van der Waals surface area (Å²) in [6.07, 6.45) is 1.68. The average molecular weight is 367 g/mol. The largest absolute Gasteiger partial charge is 0.493 e. The smallest absolute Gasteiger partial charge is 0.227 e. The Morgan fingerprint density at radius 2 is 1.59 bits per heavy atom. The Hall–Kier alpha value is -3.32. The fourth-order valence-electron chi connectivity index (χ4n) is 2.64. The van der Waals surface area contributed by atoms with Gasteiger partial charge in [-0.2, -0.15) is 0 Å². The number of aliphatic hydroxyl groups is 1. The summed E-state index contributed by atoms with van der Waals surface area (Å²) in [7, 11) is 4.69. The van der Waals surface area contributed by atoms with E-state index in [9.17, 15) is 0 Å². The van der Waals surface area contributed by atoms with Crippen LogP contribution in [0.25, 0.3) is 11.3 Å². The second kappa shape index (κ2) is 8.37. The second-order valence-electron chi connectivity index (χ2n) is 5.66. The van der Waals surface area contributed by atoms with Crippen LogP contribution in [0, 0.1) is 0 Å². The Morgan fingerprint density at radius 1 is 0.926 bits per heavy atom. The van der Waals surface area contributed by atoms with Crippen molar-refractivity contribution in [2.45, 2.75) is 6.61 Å². The first-order chi connectivity index (χ1) is 13.2. The molecule has 7 nitrogen and oxygen atoms in total. The van der Waals surface area contributed by atoms with Crippen molar-refractivity contribution in [3.63, 3.8) is 0 Å². The molecule has 0 amide bonds. The van der Waals surface area contributed by atoms with E-state index in [-0.39, 0.29) is 6.61 Å². The third-order valence-corrected chi connectivity index (χ3v) is 4.01. The van der Waals surface area contributed by atoms with Crippen molar-refractivity contribution in [3.8, 4) is 28.5 Å². The van der Waals surface area contributed by atoms with E-state index in [0.29, 0.717) is 28.9 Å². The molecule has 1 heterocycles. The van der Waals surface area contributed by atoms with E-state index < -0.39 is 0 Å². The fraction of sp³-hybridized carbons (Fsp3) is 0.200. The predicted octanol–water partition coefficient (Wildman–Crippen LogP) is 3.41. The molecular weight excluding hydrogens is 346 g/mol. The Kier molecular flexibility index (Phi) is 5.73. The van der Waals surface area contributed by atoms with Crippen molar-refractivity contribution < 1.29 is 19.3 Å². The summed E-state index contributed by atoms with van der Waals surface area (Å²) in [5.41, 5.74) is 3.26. The summed E-state index contributed by atoms with van der Waals surface area (Å²) < 4.78 is 16.1. The molecular formula is C20H21N3O4. The summed E-state index contributed by atoms with van der Waals surface area (Å²) in [6, 6.07) is 13.0. The SMILES string of the molecule is COc1cc(Nc2nccc(-c3ccc(CO)cc3)n2)cc(OC)c1OC. The Bertz CT molecular complexity index is 888. The number of aromatic nitrogens is 2. The van der Waals surface area contributed by atoms with Gasteiger partial charge in [0.05, 0.1) is 33.6 Å². The van der Waals surface area contributed by atoms with E-state index in [2.05, 4.69) is 15.3 Å². The lowest BCUT2D eigenvalue weighted by molar-refractivity contribution is 0.282. The van der Waals surface area contributed by atoms with Crippen molar-refractivity contribution in [2.75, 3.05) is 26.6 Å². The number of aliphatic hydroxyl groups excluding tert-OH is 1. The van der Waals surface area contributed by atoms with Crippen molar-refractivity contribution in [1.82, 2.24) is 9.97 Å². The van der Waals surface area contributed by atoms with Gasteiger partial charge in [-0.1, -0.05) is 24.3 Å². The third-order valence-electron chi connectivity index (χ3n) is 4.01. The minimum atomic E-state index is 0.0119. The molecule has 3 aromatic rings. The van der Waals surface area contributed by atoms with Crippen LogP contribution in [-0.2, 0) is 6.61 Å². The zero-order valence-corrected chi connectivity index (χ0v) is 15.4. The normalized spacial score (nSPS) is 10.4. The number of hydrogen-bond acceptors (Lipinski definition) is 7. The quantitative estimate of drug-likeness (QED) is 0.662. The number of anilines is 2. The summed E-state index contributed by atoms with van der Waals surface area (Å²) in [6.45, 7) is 0.0119. The van der Waals surface area contributed by atoms with Crippen molar-refractivity contribution in [1.29, 1.82) is 0 Å². The van der Waals surface area contributed by atoms with Crippen LogP contribution in [-0.4, -0.2) is 36.4 Å². The van der Waals surface area contributed by atoms with E-state index in [4.69, 9.17) is 19.3 Å². The number of methoxy groups -OCH3 is 3. The second-order valence-corrected chi connectivity index (χ2v) is 5.66. The lowest BCUT2D eigenvalue weighted by Gasteiger charge is -2.14. The standard InChI is InChI=1S/C20H21N3O4/c1-25-17-10-15(11-18(26-2)19(17)27-3)22-20-21-9-8-16(23-20)14-6-4-13(12-24)5-7-14/h4-11,24H,12H2,1-3H3,(H,21,22,23). The number of rotatable bonds is 7. The monoisotopic (exact) mass is 367 g/mol. The van der Waals surface area contributed by atoms with Crippen LogP contribution in [0.5, 0.6) is 17.2 Å². The number of ether oxygens (including phenoxy) is 3. The van der Waals surface area contributed by atoms with Crippen LogP contribution in [0.3, 0.4) is 0 Å². The van der Waals surface area contributed by atoms with E-state index in [1.165, 1.54) is 0 Å². The molecule has 0 bridgehead atoms. The highest BCUT2D eigenvalue weighted by molar-refractivity contribution is 5.67. The molecule has 1 aromatic heterocycles. The minimum absolute atomic E-state index is 0.0119. The van der Waals surface area contributed by atoms with Crippen molar-refractivity contribution in [3.05, 3.63) is 54.2 Å². The van der Waals surface area contributed by atoms with Crippen LogP contribution in [0.2, 0.25) is 0 Å². The molecule has 7 heteroatoms. The molecule has 0 atom stereocenters. The maximum absolute atomic E-state index is 9.17. The average Bonchev–Trinajstić information content (AvgIpc) is 2.73. The molecule has 0 aliphatic heterocycles. The fourth-order valence-corrected chi connectivity index (χ4v) is 2.64. The van der Waals surface area contributed by atoms with Gasteiger partial charge >= 0.3 is 0 Å². The summed E-state index contributed by atoms with van der Waals surface area (Å²) in [5.74, 6) is 2.03. The van der Waals surface area contributed by atoms with Gasteiger partial charge in [-0.3, -0.25) is 0 Å². The lowest BCUT2D eigenvalue weighted by atomic mass is 10.1. The minimum Gasteiger partial charge on any atom is -0.493 e. The predicted molar refractivity (Wildman–Crippen MR) is 103 cm³/mol. The van der Waals surface area contributed by atoms with Crippen LogP contribution < -0.4 is 19.5 Å². The highest BCUT2D eigenvalue weighted by Crippen LogP contribution is 2.40. The first kappa shape index (κ1) is 18.5. The molecule has 0 saturated carbocycles. The molecule has 0 unspecified atom stereocenters. The first-order valence-electron chi connectivity index (χ1n) is 8.28. The van der Waals surface area contributed by atoms with Gasteiger partial charge in [0.1, 0.15) is 0 Å². The van der Waals surface area contributed by atoms with Gasteiger partial charge in [-0.15, -0.1) is 0 Å². The van der Waals surface area contributed by atoms with E-state index in [1.807, 2.05) is 30.3 Å². The number of hydrogen-bond donors (Lipinski definition) is 2. The number of nitrogens with one attached hydrogen (secondary N) is 1. The zero-order chi connectivity index (χ0) is 19.2. The molecule has 2 N–H and O–H groups in total. The third kappa shape index (κ3) is 4.09. The van der Waals surface area contributed by atoms with Gasteiger partial charge in [-0.05, 0) is 11.6 Å². The van der Waals surface area contributed by atoms with Crippen LogP contribution in [0.4, 0.5) is 11.6 Å². The number of nitrogens with zero attached hydrogens (tertiary/aromatic N) is 2. The Balaban J connectivity index is 1.90. The van der Waals surface area contributed by atoms with Crippen LogP contribution in [0.1, 0.15) is 5.56 Å². The summed E-state index contributed by atoms with van der Waals surface area (Å²) >= 11 is 0. The molecule has 2 aromatic carbocycles. The van der Waals surface area contributed by atoms with Gasteiger partial charge in [0.2, 0.25) is 11.7 Å². The van der Waals surface area contributed by atoms with Crippen LogP contribution in [0.15, 0.2) is 48.7 Å². The Morgan fingerprint density at radius 3 is 2.15 bits per heavy atom. The molecule has 0 spiro atoms.